The minimum absolute atomic E-state index is 0.0824. The lowest BCUT2D eigenvalue weighted by atomic mass is 10.1. The van der Waals surface area contributed by atoms with Gasteiger partial charge in [-0.25, -0.2) is 4.39 Å². The summed E-state index contributed by atoms with van der Waals surface area (Å²) in [6, 6.07) is 5.38. The zero-order valence-electron chi connectivity index (χ0n) is 14.5. The molecule has 1 fully saturated rings. The molecule has 1 aromatic carbocycles. The van der Waals surface area contributed by atoms with E-state index >= 15 is 0 Å². The number of nitrogens with zero attached hydrogens (tertiary/aromatic N) is 1. The van der Waals surface area contributed by atoms with Crippen LogP contribution in [0.1, 0.15) is 43.2 Å². The predicted octanol–water partition coefficient (Wildman–Crippen LogP) is 2.25. The minimum Gasteiger partial charge on any atom is -0.356 e. The van der Waals surface area contributed by atoms with Crippen LogP contribution in [0.5, 0.6) is 0 Å². The first-order valence-corrected chi connectivity index (χ1v) is 8.57. The lowest BCUT2D eigenvalue weighted by molar-refractivity contribution is -0.121. The number of carbonyl (C=O) groups is 1. The van der Waals surface area contributed by atoms with E-state index in [4.69, 9.17) is 0 Å². The van der Waals surface area contributed by atoms with Gasteiger partial charge in [-0.3, -0.25) is 9.79 Å². The summed E-state index contributed by atoms with van der Waals surface area (Å²) in [6.07, 6.45) is 5.04. The topological polar surface area (TPSA) is 65.5 Å². The normalized spacial score (nSPS) is 15.4. The lowest BCUT2D eigenvalue weighted by Gasteiger charge is -2.14. The van der Waals surface area contributed by atoms with Crippen molar-refractivity contribution in [2.45, 2.75) is 51.6 Å². The van der Waals surface area contributed by atoms with Crippen LogP contribution in [-0.4, -0.2) is 31.5 Å². The first-order chi connectivity index (χ1) is 11.6. The molecule has 0 spiro atoms. The molecule has 0 unspecified atom stereocenters. The first kappa shape index (κ1) is 18.2. The highest BCUT2D eigenvalue weighted by atomic mass is 19.1. The van der Waals surface area contributed by atoms with Crippen molar-refractivity contribution in [1.29, 1.82) is 0 Å². The average Bonchev–Trinajstić information content (AvgIpc) is 3.06. The number of hydrogen-bond donors (Lipinski definition) is 3. The summed E-state index contributed by atoms with van der Waals surface area (Å²) in [5.41, 5.74) is 1.61. The smallest absolute Gasteiger partial charge is 0.221 e. The van der Waals surface area contributed by atoms with Gasteiger partial charge in [0.15, 0.2) is 5.96 Å². The maximum Gasteiger partial charge on any atom is 0.221 e. The Morgan fingerprint density at radius 3 is 2.71 bits per heavy atom. The number of carbonyl (C=O) groups excluding carboxylic acids is 1. The van der Waals surface area contributed by atoms with Crippen molar-refractivity contribution >= 4 is 11.9 Å². The molecule has 1 aromatic rings. The Labute approximate surface area is 143 Å². The van der Waals surface area contributed by atoms with Crippen LogP contribution in [0.15, 0.2) is 23.2 Å². The van der Waals surface area contributed by atoms with Crippen molar-refractivity contribution in [2.75, 3.05) is 13.6 Å². The molecule has 3 N–H and O–H groups in total. The summed E-state index contributed by atoms with van der Waals surface area (Å²) in [5.74, 6) is 0.513. The monoisotopic (exact) mass is 334 g/mol. The largest absolute Gasteiger partial charge is 0.356 e. The molecule has 1 aliphatic rings. The third-order valence-corrected chi connectivity index (χ3v) is 4.27. The van der Waals surface area contributed by atoms with Gasteiger partial charge in [-0.2, -0.15) is 0 Å². The second kappa shape index (κ2) is 9.25. The molecule has 6 heteroatoms. The van der Waals surface area contributed by atoms with Crippen LogP contribution in [0.25, 0.3) is 0 Å². The van der Waals surface area contributed by atoms with Crippen LogP contribution in [0.3, 0.4) is 0 Å². The van der Waals surface area contributed by atoms with Gasteiger partial charge in [-0.05, 0) is 37.0 Å². The van der Waals surface area contributed by atoms with Crippen LogP contribution in [0.2, 0.25) is 0 Å². The molecule has 0 saturated heterocycles. The summed E-state index contributed by atoms with van der Waals surface area (Å²) in [6.45, 7) is 2.82. The van der Waals surface area contributed by atoms with Crippen molar-refractivity contribution in [1.82, 2.24) is 16.0 Å². The van der Waals surface area contributed by atoms with E-state index in [9.17, 15) is 9.18 Å². The number of guanidine groups is 1. The third-order valence-electron chi connectivity index (χ3n) is 4.27. The minimum atomic E-state index is -0.200. The molecule has 1 aliphatic carbocycles. The van der Waals surface area contributed by atoms with Crippen LogP contribution in [-0.2, 0) is 11.3 Å². The summed E-state index contributed by atoms with van der Waals surface area (Å²) < 4.78 is 13.3. The van der Waals surface area contributed by atoms with Crippen LogP contribution in [0.4, 0.5) is 4.39 Å². The zero-order chi connectivity index (χ0) is 17.4. The number of nitrogens with one attached hydrogen (secondary N) is 3. The van der Waals surface area contributed by atoms with E-state index in [2.05, 4.69) is 20.9 Å². The average molecular weight is 334 g/mol. The summed E-state index contributed by atoms with van der Waals surface area (Å²) in [4.78, 5) is 16.0. The number of aryl methyl sites for hydroxylation is 1. The summed E-state index contributed by atoms with van der Waals surface area (Å²) in [7, 11) is 1.68. The van der Waals surface area contributed by atoms with Gasteiger partial charge < -0.3 is 16.0 Å². The Bertz CT molecular complexity index is 582. The van der Waals surface area contributed by atoms with Gasteiger partial charge in [-0.1, -0.05) is 25.0 Å². The molecule has 0 aromatic heterocycles. The molecule has 0 atom stereocenters. The molecule has 0 bridgehead atoms. The Kier molecular flexibility index (Phi) is 7.03. The molecule has 0 heterocycles. The summed E-state index contributed by atoms with van der Waals surface area (Å²) in [5, 5.41) is 9.35. The van der Waals surface area contributed by atoms with Gasteiger partial charge in [0, 0.05) is 32.6 Å². The summed E-state index contributed by atoms with van der Waals surface area (Å²) >= 11 is 0. The molecule has 2 rings (SSSR count). The predicted molar refractivity (Wildman–Crippen MR) is 94.4 cm³/mol. The molecule has 132 valence electrons. The number of halogens is 1. The van der Waals surface area contributed by atoms with Gasteiger partial charge in [0.1, 0.15) is 5.82 Å². The Morgan fingerprint density at radius 2 is 2.04 bits per heavy atom. The van der Waals surface area contributed by atoms with Crippen LogP contribution >= 0.6 is 0 Å². The number of amides is 1. The standard InChI is InChI=1S/C18H27FN4O/c1-13-11-14(7-8-16(13)19)12-22-18(20-2)21-10-9-17(24)23-15-5-3-4-6-15/h7-8,11,15H,3-6,9-10,12H2,1-2H3,(H,23,24)(H2,20,21,22). The van der Waals surface area contributed by atoms with Gasteiger partial charge >= 0.3 is 0 Å². The van der Waals surface area contributed by atoms with E-state index in [0.29, 0.717) is 37.1 Å². The van der Waals surface area contributed by atoms with E-state index in [0.717, 1.165) is 18.4 Å². The number of benzene rings is 1. The van der Waals surface area contributed by atoms with Gasteiger partial charge in [0.25, 0.3) is 0 Å². The highest BCUT2D eigenvalue weighted by molar-refractivity contribution is 5.81. The lowest BCUT2D eigenvalue weighted by Crippen LogP contribution is -2.40. The van der Waals surface area contributed by atoms with E-state index in [1.54, 1.807) is 20.0 Å². The molecular weight excluding hydrogens is 307 g/mol. The maximum absolute atomic E-state index is 13.3. The molecule has 0 aliphatic heterocycles. The molecule has 5 nitrogen and oxygen atoms in total. The van der Waals surface area contributed by atoms with Crippen molar-refractivity contribution in [3.63, 3.8) is 0 Å². The Hall–Kier alpha value is -2.11. The highest BCUT2D eigenvalue weighted by Gasteiger charge is 2.16. The Balaban J connectivity index is 1.68. The van der Waals surface area contributed by atoms with E-state index < -0.39 is 0 Å². The van der Waals surface area contributed by atoms with E-state index in [1.807, 2.05) is 6.07 Å². The second-order valence-electron chi connectivity index (χ2n) is 6.23. The maximum atomic E-state index is 13.3. The van der Waals surface area contributed by atoms with Crippen molar-refractivity contribution in [3.05, 3.63) is 35.1 Å². The molecule has 1 amide bonds. The molecule has 24 heavy (non-hydrogen) atoms. The van der Waals surface area contributed by atoms with Gasteiger partial charge in [0.05, 0.1) is 0 Å². The van der Waals surface area contributed by atoms with Crippen molar-refractivity contribution in [3.8, 4) is 0 Å². The van der Waals surface area contributed by atoms with E-state index in [-0.39, 0.29) is 11.7 Å². The SMILES string of the molecule is CN=C(NCCC(=O)NC1CCCC1)NCc1ccc(F)c(C)c1. The fourth-order valence-electron chi connectivity index (χ4n) is 2.89. The molecule has 0 radical (unpaired) electrons. The van der Waals surface area contributed by atoms with Crippen molar-refractivity contribution in [2.24, 2.45) is 4.99 Å². The van der Waals surface area contributed by atoms with Gasteiger partial charge in [-0.15, -0.1) is 0 Å². The van der Waals surface area contributed by atoms with Crippen LogP contribution < -0.4 is 16.0 Å². The van der Waals surface area contributed by atoms with E-state index in [1.165, 1.54) is 18.9 Å². The fraction of sp³-hybridized carbons (Fsp3) is 0.556. The second-order valence-corrected chi connectivity index (χ2v) is 6.23. The Morgan fingerprint density at radius 1 is 1.29 bits per heavy atom. The highest BCUT2D eigenvalue weighted by Crippen LogP contribution is 2.17. The first-order valence-electron chi connectivity index (χ1n) is 8.57. The molecule has 1 saturated carbocycles. The molecular formula is C18H27FN4O. The zero-order valence-corrected chi connectivity index (χ0v) is 14.5. The third kappa shape index (κ3) is 5.83. The quantitative estimate of drug-likeness (QED) is 0.552. The van der Waals surface area contributed by atoms with Crippen molar-refractivity contribution < 1.29 is 9.18 Å². The fourth-order valence-corrected chi connectivity index (χ4v) is 2.89. The van der Waals surface area contributed by atoms with Crippen LogP contribution in [0, 0.1) is 12.7 Å². The van der Waals surface area contributed by atoms with Gasteiger partial charge in [0.2, 0.25) is 5.91 Å². The number of hydrogen-bond acceptors (Lipinski definition) is 2. The number of aliphatic imine (C=N–C) groups is 1. The number of rotatable bonds is 6.